The molecule has 0 heterocycles. The van der Waals surface area contributed by atoms with Crippen LogP contribution in [0.3, 0.4) is 0 Å². The Kier molecular flexibility index (Phi) is 6.47. The molecule has 1 rings (SSSR count). The quantitative estimate of drug-likeness (QED) is 0.827. The first kappa shape index (κ1) is 19.3. The molecule has 0 radical (unpaired) electrons. The topological polar surface area (TPSA) is 32.3 Å². The van der Waals surface area contributed by atoms with E-state index in [4.69, 9.17) is 0 Å². The van der Waals surface area contributed by atoms with E-state index in [0.29, 0.717) is 6.42 Å². The SMILES string of the molecule is CC(CC(C)(C)c1ccccc1)NC(=O)N(C)CCC(F)(F)F. The fourth-order valence-electron chi connectivity index (χ4n) is 2.54. The zero-order valence-corrected chi connectivity index (χ0v) is 14.1. The Hall–Kier alpha value is -1.72. The van der Waals surface area contributed by atoms with Crippen LogP contribution in [0.4, 0.5) is 18.0 Å². The first-order chi connectivity index (χ1) is 10.5. The molecule has 0 fully saturated rings. The fraction of sp³-hybridized carbons (Fsp3) is 0.588. The van der Waals surface area contributed by atoms with E-state index in [9.17, 15) is 18.0 Å². The van der Waals surface area contributed by atoms with Gasteiger partial charge in [0.2, 0.25) is 0 Å². The number of urea groups is 1. The predicted octanol–water partition coefficient (Wildman–Crippen LogP) is 4.34. The highest BCUT2D eigenvalue weighted by Crippen LogP contribution is 2.28. The van der Waals surface area contributed by atoms with Gasteiger partial charge in [0.15, 0.2) is 0 Å². The molecule has 2 amide bonds. The van der Waals surface area contributed by atoms with E-state index in [1.165, 1.54) is 7.05 Å². The van der Waals surface area contributed by atoms with Crippen molar-refractivity contribution in [3.63, 3.8) is 0 Å². The average Bonchev–Trinajstić information content (AvgIpc) is 2.44. The van der Waals surface area contributed by atoms with Crippen LogP contribution in [0.1, 0.15) is 39.2 Å². The van der Waals surface area contributed by atoms with E-state index in [0.717, 1.165) is 10.5 Å². The number of hydrogen-bond donors (Lipinski definition) is 1. The number of benzene rings is 1. The van der Waals surface area contributed by atoms with Crippen LogP contribution in [-0.2, 0) is 5.41 Å². The molecular weight excluding hydrogens is 305 g/mol. The fourth-order valence-corrected chi connectivity index (χ4v) is 2.54. The third kappa shape index (κ3) is 6.93. The number of carbonyl (C=O) groups is 1. The number of hydrogen-bond acceptors (Lipinski definition) is 1. The molecule has 1 N–H and O–H groups in total. The molecule has 0 spiro atoms. The van der Waals surface area contributed by atoms with Crippen LogP contribution >= 0.6 is 0 Å². The van der Waals surface area contributed by atoms with Gasteiger partial charge in [-0.25, -0.2) is 4.79 Å². The van der Waals surface area contributed by atoms with Gasteiger partial charge < -0.3 is 10.2 Å². The molecule has 1 aromatic rings. The summed E-state index contributed by atoms with van der Waals surface area (Å²) >= 11 is 0. The molecule has 1 atom stereocenters. The van der Waals surface area contributed by atoms with Crippen molar-refractivity contribution in [3.05, 3.63) is 35.9 Å². The summed E-state index contributed by atoms with van der Waals surface area (Å²) in [6, 6.07) is 9.31. The summed E-state index contributed by atoms with van der Waals surface area (Å²) in [4.78, 5) is 13.0. The van der Waals surface area contributed by atoms with Gasteiger partial charge >= 0.3 is 12.2 Å². The summed E-state index contributed by atoms with van der Waals surface area (Å²) in [7, 11) is 1.37. The maximum Gasteiger partial charge on any atom is 0.390 e. The standard InChI is InChI=1S/C17H25F3N2O/c1-13(12-16(2,3)14-8-6-5-7-9-14)21-15(23)22(4)11-10-17(18,19)20/h5-9,13H,10-12H2,1-4H3,(H,21,23). The minimum atomic E-state index is -4.25. The van der Waals surface area contributed by atoms with E-state index in [-0.39, 0.29) is 18.0 Å². The largest absolute Gasteiger partial charge is 0.390 e. The third-order valence-electron chi connectivity index (χ3n) is 3.82. The van der Waals surface area contributed by atoms with Gasteiger partial charge in [0.05, 0.1) is 6.42 Å². The van der Waals surface area contributed by atoms with Crippen LogP contribution in [0.15, 0.2) is 30.3 Å². The minimum absolute atomic E-state index is 0.140. The molecule has 1 unspecified atom stereocenters. The molecular formula is C17H25F3N2O. The van der Waals surface area contributed by atoms with E-state index in [1.54, 1.807) is 0 Å². The number of rotatable bonds is 6. The van der Waals surface area contributed by atoms with E-state index >= 15 is 0 Å². The Balaban J connectivity index is 2.52. The molecule has 23 heavy (non-hydrogen) atoms. The van der Waals surface area contributed by atoms with Crippen molar-refractivity contribution < 1.29 is 18.0 Å². The van der Waals surface area contributed by atoms with E-state index in [1.807, 2.05) is 37.3 Å². The van der Waals surface area contributed by atoms with E-state index in [2.05, 4.69) is 19.2 Å². The van der Waals surface area contributed by atoms with Gasteiger partial charge in [-0.3, -0.25) is 0 Å². The lowest BCUT2D eigenvalue weighted by Crippen LogP contribution is -2.44. The molecule has 130 valence electrons. The van der Waals surface area contributed by atoms with Crippen molar-refractivity contribution in [2.75, 3.05) is 13.6 Å². The Labute approximate surface area is 135 Å². The van der Waals surface area contributed by atoms with Gasteiger partial charge in [-0.05, 0) is 24.3 Å². The maximum absolute atomic E-state index is 12.2. The summed E-state index contributed by atoms with van der Waals surface area (Å²) in [5.74, 6) is 0. The van der Waals surface area contributed by atoms with Crippen LogP contribution in [0, 0.1) is 0 Å². The van der Waals surface area contributed by atoms with Crippen molar-refractivity contribution >= 4 is 6.03 Å². The Morgan fingerprint density at radius 2 is 1.78 bits per heavy atom. The molecule has 0 aliphatic rings. The number of amides is 2. The lowest BCUT2D eigenvalue weighted by atomic mass is 9.79. The highest BCUT2D eigenvalue weighted by atomic mass is 19.4. The van der Waals surface area contributed by atoms with Crippen LogP contribution in [0.2, 0.25) is 0 Å². The second-order valence-corrected chi connectivity index (χ2v) is 6.59. The maximum atomic E-state index is 12.2. The van der Waals surface area contributed by atoms with Gasteiger partial charge in [-0.1, -0.05) is 44.2 Å². The summed E-state index contributed by atoms with van der Waals surface area (Å²) in [6.45, 7) is 5.68. The number of carbonyl (C=O) groups excluding carboxylic acids is 1. The summed E-state index contributed by atoms with van der Waals surface area (Å²) in [6.07, 6.45) is -4.56. The van der Waals surface area contributed by atoms with Gasteiger partial charge in [-0.15, -0.1) is 0 Å². The van der Waals surface area contributed by atoms with Crippen molar-refractivity contribution in [2.24, 2.45) is 0 Å². The van der Waals surface area contributed by atoms with Crippen LogP contribution in [0.5, 0.6) is 0 Å². The molecule has 3 nitrogen and oxygen atoms in total. The van der Waals surface area contributed by atoms with Gasteiger partial charge in [0.1, 0.15) is 0 Å². The highest BCUT2D eigenvalue weighted by Gasteiger charge is 2.29. The first-order valence-electron chi connectivity index (χ1n) is 7.65. The van der Waals surface area contributed by atoms with Crippen LogP contribution < -0.4 is 5.32 Å². The zero-order chi connectivity index (χ0) is 17.7. The van der Waals surface area contributed by atoms with Crippen LogP contribution in [-0.4, -0.2) is 36.7 Å². The Morgan fingerprint density at radius 1 is 1.22 bits per heavy atom. The molecule has 0 saturated heterocycles. The average molecular weight is 330 g/mol. The molecule has 0 saturated carbocycles. The number of nitrogens with zero attached hydrogens (tertiary/aromatic N) is 1. The van der Waals surface area contributed by atoms with Gasteiger partial charge in [0.25, 0.3) is 0 Å². The molecule has 0 aliphatic carbocycles. The number of alkyl halides is 3. The summed E-state index contributed by atoms with van der Waals surface area (Å²) in [5, 5.41) is 2.76. The summed E-state index contributed by atoms with van der Waals surface area (Å²) in [5.41, 5.74) is 1.02. The van der Waals surface area contributed by atoms with Gasteiger partial charge in [-0.2, -0.15) is 13.2 Å². The molecule has 1 aromatic carbocycles. The van der Waals surface area contributed by atoms with Crippen molar-refractivity contribution in [1.29, 1.82) is 0 Å². The Morgan fingerprint density at radius 3 is 2.30 bits per heavy atom. The molecule has 6 heteroatoms. The second-order valence-electron chi connectivity index (χ2n) is 6.59. The summed E-state index contributed by atoms with van der Waals surface area (Å²) < 4.78 is 36.6. The lowest BCUT2D eigenvalue weighted by Gasteiger charge is -2.30. The second kappa shape index (κ2) is 7.70. The number of halogens is 3. The Bertz CT molecular complexity index is 500. The zero-order valence-electron chi connectivity index (χ0n) is 14.1. The number of nitrogens with one attached hydrogen (secondary N) is 1. The smallest absolute Gasteiger partial charge is 0.336 e. The normalized spacial score (nSPS) is 13.5. The van der Waals surface area contributed by atoms with E-state index < -0.39 is 18.6 Å². The predicted molar refractivity (Wildman–Crippen MR) is 85.4 cm³/mol. The van der Waals surface area contributed by atoms with Crippen molar-refractivity contribution in [3.8, 4) is 0 Å². The van der Waals surface area contributed by atoms with Crippen molar-refractivity contribution in [1.82, 2.24) is 10.2 Å². The third-order valence-corrected chi connectivity index (χ3v) is 3.82. The van der Waals surface area contributed by atoms with Crippen molar-refractivity contribution in [2.45, 2.75) is 51.2 Å². The minimum Gasteiger partial charge on any atom is -0.336 e. The molecule has 0 aromatic heterocycles. The highest BCUT2D eigenvalue weighted by molar-refractivity contribution is 5.74. The molecule has 0 aliphatic heterocycles. The van der Waals surface area contributed by atoms with Gasteiger partial charge in [0, 0.05) is 19.6 Å². The molecule has 0 bridgehead atoms. The first-order valence-corrected chi connectivity index (χ1v) is 7.65. The van der Waals surface area contributed by atoms with Crippen LogP contribution in [0.25, 0.3) is 0 Å². The monoisotopic (exact) mass is 330 g/mol. The lowest BCUT2D eigenvalue weighted by molar-refractivity contribution is -0.136.